The molecule has 1 unspecified atom stereocenters. The molecular weight excluding hydrogens is 171 g/mol. The number of benzene rings is 1. The number of para-hydroxylation sites is 1. The Morgan fingerprint density at radius 2 is 2.08 bits per heavy atom. The number of rotatable bonds is 3. The van der Waals surface area contributed by atoms with Crippen LogP contribution in [0.1, 0.15) is 13.3 Å². The van der Waals surface area contributed by atoms with Gasteiger partial charge in [-0.3, -0.25) is 4.79 Å². The van der Waals surface area contributed by atoms with Crippen molar-refractivity contribution in [3.8, 4) is 5.75 Å². The lowest BCUT2D eigenvalue weighted by molar-refractivity contribution is -0.135. The Bertz CT molecular complexity index is 270. The second-order valence-electron chi connectivity index (χ2n) is 2.77. The van der Waals surface area contributed by atoms with Crippen LogP contribution in [0.25, 0.3) is 0 Å². The minimum Gasteiger partial charge on any atom is -0.426 e. The molecule has 1 rings (SSSR count). The molecule has 1 aromatic carbocycles. The molecule has 1 aromatic rings. The molecule has 0 aliphatic carbocycles. The molecule has 0 fully saturated rings. The van der Waals surface area contributed by atoms with E-state index in [2.05, 4.69) is 0 Å². The number of halogens is 1. The first-order chi connectivity index (χ1) is 6.18. The molecule has 0 N–H and O–H groups in total. The lowest BCUT2D eigenvalue weighted by atomic mass is 10.3. The Kier molecular flexibility index (Phi) is 3.43. The smallest absolute Gasteiger partial charge is 0.314 e. The molecule has 0 heterocycles. The van der Waals surface area contributed by atoms with Crippen LogP contribution in [0.3, 0.4) is 0 Å². The van der Waals surface area contributed by atoms with Gasteiger partial charge in [0.1, 0.15) is 11.9 Å². The normalized spacial score (nSPS) is 12.2. The maximum Gasteiger partial charge on any atom is 0.314 e. The van der Waals surface area contributed by atoms with E-state index in [1.54, 1.807) is 24.3 Å². The average molecular weight is 182 g/mol. The number of esters is 1. The highest BCUT2D eigenvalue weighted by Gasteiger charge is 2.09. The Balaban J connectivity index is 2.46. The zero-order chi connectivity index (χ0) is 9.68. The number of hydrogen-bond donors (Lipinski definition) is 0. The summed E-state index contributed by atoms with van der Waals surface area (Å²) in [5.74, 6) is -0.0886. The van der Waals surface area contributed by atoms with Gasteiger partial charge in [0.2, 0.25) is 0 Å². The van der Waals surface area contributed by atoms with Crippen molar-refractivity contribution < 1.29 is 13.9 Å². The monoisotopic (exact) mass is 182 g/mol. The van der Waals surface area contributed by atoms with Gasteiger partial charge in [0.05, 0.1) is 6.42 Å². The fourth-order valence-corrected chi connectivity index (χ4v) is 0.891. The van der Waals surface area contributed by atoms with E-state index in [1.165, 1.54) is 6.92 Å². The summed E-state index contributed by atoms with van der Waals surface area (Å²) >= 11 is 0. The van der Waals surface area contributed by atoms with Crippen molar-refractivity contribution in [2.24, 2.45) is 0 Å². The third kappa shape index (κ3) is 3.69. The average Bonchev–Trinajstić information content (AvgIpc) is 2.04. The highest BCUT2D eigenvalue weighted by Crippen LogP contribution is 2.10. The van der Waals surface area contributed by atoms with Crippen LogP contribution < -0.4 is 4.74 Å². The predicted octanol–water partition coefficient (Wildman–Crippen LogP) is 2.34. The van der Waals surface area contributed by atoms with Crippen LogP contribution in [-0.4, -0.2) is 12.1 Å². The molecule has 2 nitrogen and oxygen atoms in total. The fraction of sp³-hybridized carbons (Fsp3) is 0.300. The molecule has 0 saturated heterocycles. The van der Waals surface area contributed by atoms with Crippen LogP contribution in [-0.2, 0) is 4.79 Å². The Morgan fingerprint density at radius 1 is 1.46 bits per heavy atom. The minimum atomic E-state index is -1.16. The van der Waals surface area contributed by atoms with Gasteiger partial charge in [-0.2, -0.15) is 0 Å². The van der Waals surface area contributed by atoms with Crippen molar-refractivity contribution in [3.05, 3.63) is 30.3 Å². The number of carbonyl (C=O) groups excluding carboxylic acids is 1. The van der Waals surface area contributed by atoms with Gasteiger partial charge in [0.25, 0.3) is 0 Å². The van der Waals surface area contributed by atoms with Crippen molar-refractivity contribution in [3.63, 3.8) is 0 Å². The number of carbonyl (C=O) groups is 1. The molecule has 1 atom stereocenters. The van der Waals surface area contributed by atoms with Gasteiger partial charge in [-0.1, -0.05) is 18.2 Å². The van der Waals surface area contributed by atoms with Crippen LogP contribution in [0.5, 0.6) is 5.75 Å². The third-order valence-corrected chi connectivity index (χ3v) is 1.42. The Labute approximate surface area is 76.3 Å². The van der Waals surface area contributed by atoms with Gasteiger partial charge in [-0.25, -0.2) is 4.39 Å². The van der Waals surface area contributed by atoms with Gasteiger partial charge in [-0.15, -0.1) is 0 Å². The fourth-order valence-electron chi connectivity index (χ4n) is 0.891. The number of hydrogen-bond acceptors (Lipinski definition) is 2. The topological polar surface area (TPSA) is 26.3 Å². The lowest BCUT2D eigenvalue weighted by Crippen LogP contribution is -2.12. The van der Waals surface area contributed by atoms with Crippen LogP contribution in [0.2, 0.25) is 0 Å². The molecule has 13 heavy (non-hydrogen) atoms. The quantitative estimate of drug-likeness (QED) is 0.529. The molecule has 0 radical (unpaired) electrons. The number of ether oxygens (including phenoxy) is 1. The van der Waals surface area contributed by atoms with Crippen LogP contribution >= 0.6 is 0 Å². The second kappa shape index (κ2) is 4.60. The Hall–Kier alpha value is -1.38. The van der Waals surface area contributed by atoms with E-state index in [9.17, 15) is 9.18 Å². The minimum absolute atomic E-state index is 0.200. The highest BCUT2D eigenvalue weighted by molar-refractivity contribution is 5.72. The largest absolute Gasteiger partial charge is 0.426 e. The molecule has 3 heteroatoms. The Morgan fingerprint density at radius 3 is 2.62 bits per heavy atom. The molecule has 0 aromatic heterocycles. The van der Waals surface area contributed by atoms with Crippen LogP contribution in [0.4, 0.5) is 4.39 Å². The molecule has 0 saturated carbocycles. The van der Waals surface area contributed by atoms with Crippen LogP contribution in [0, 0.1) is 0 Å². The first-order valence-electron chi connectivity index (χ1n) is 4.08. The third-order valence-electron chi connectivity index (χ3n) is 1.42. The van der Waals surface area contributed by atoms with Crippen molar-refractivity contribution in [1.29, 1.82) is 0 Å². The summed E-state index contributed by atoms with van der Waals surface area (Å²) in [4.78, 5) is 11.0. The summed E-state index contributed by atoms with van der Waals surface area (Å²) in [7, 11) is 0. The molecule has 0 aliphatic heterocycles. The summed E-state index contributed by atoms with van der Waals surface area (Å²) < 4.78 is 17.2. The molecule has 0 bridgehead atoms. The lowest BCUT2D eigenvalue weighted by Gasteiger charge is -2.03. The van der Waals surface area contributed by atoms with Gasteiger partial charge < -0.3 is 4.74 Å². The first-order valence-corrected chi connectivity index (χ1v) is 4.08. The maximum absolute atomic E-state index is 12.4. The molecule has 0 amide bonds. The van der Waals surface area contributed by atoms with E-state index in [1.807, 2.05) is 6.07 Å². The summed E-state index contributed by atoms with van der Waals surface area (Å²) in [5.41, 5.74) is 0. The van der Waals surface area contributed by atoms with Crippen molar-refractivity contribution in [2.45, 2.75) is 19.5 Å². The van der Waals surface area contributed by atoms with E-state index in [-0.39, 0.29) is 6.42 Å². The van der Waals surface area contributed by atoms with E-state index in [4.69, 9.17) is 4.74 Å². The first kappa shape index (κ1) is 9.71. The van der Waals surface area contributed by atoms with Crippen molar-refractivity contribution >= 4 is 5.97 Å². The van der Waals surface area contributed by atoms with Crippen molar-refractivity contribution in [1.82, 2.24) is 0 Å². The summed E-state index contributed by atoms with van der Waals surface area (Å²) in [6, 6.07) is 8.62. The van der Waals surface area contributed by atoms with Gasteiger partial charge >= 0.3 is 5.97 Å². The van der Waals surface area contributed by atoms with E-state index >= 15 is 0 Å². The number of alkyl halides is 1. The van der Waals surface area contributed by atoms with E-state index < -0.39 is 12.1 Å². The SMILES string of the molecule is CC(F)CC(=O)Oc1ccccc1. The van der Waals surface area contributed by atoms with Crippen molar-refractivity contribution in [2.75, 3.05) is 0 Å². The summed E-state index contributed by atoms with van der Waals surface area (Å²) in [5, 5.41) is 0. The zero-order valence-corrected chi connectivity index (χ0v) is 7.37. The molecule has 0 aliphatic rings. The van der Waals surface area contributed by atoms with E-state index in [0.29, 0.717) is 5.75 Å². The zero-order valence-electron chi connectivity index (χ0n) is 7.37. The van der Waals surface area contributed by atoms with E-state index in [0.717, 1.165) is 0 Å². The predicted molar refractivity (Wildman–Crippen MR) is 47.3 cm³/mol. The molecule has 70 valence electrons. The highest BCUT2D eigenvalue weighted by atomic mass is 19.1. The summed E-state index contributed by atoms with van der Waals surface area (Å²) in [6.07, 6.45) is -1.36. The molecule has 0 spiro atoms. The second-order valence-corrected chi connectivity index (χ2v) is 2.77. The molecular formula is C10H11FO2. The van der Waals surface area contributed by atoms with Gasteiger partial charge in [0, 0.05) is 0 Å². The van der Waals surface area contributed by atoms with Gasteiger partial charge in [-0.05, 0) is 19.1 Å². The van der Waals surface area contributed by atoms with Gasteiger partial charge in [0.15, 0.2) is 0 Å². The maximum atomic E-state index is 12.4. The summed E-state index contributed by atoms with van der Waals surface area (Å²) in [6.45, 7) is 1.33. The van der Waals surface area contributed by atoms with Crippen LogP contribution in [0.15, 0.2) is 30.3 Å². The standard InChI is InChI=1S/C10H11FO2/c1-8(11)7-10(12)13-9-5-3-2-4-6-9/h2-6,8H,7H2,1H3.